The second kappa shape index (κ2) is 4.66. The molecule has 0 atom stereocenters. The summed E-state index contributed by atoms with van der Waals surface area (Å²) in [6, 6.07) is 6.28. The lowest BCUT2D eigenvalue weighted by molar-refractivity contribution is 1.05. The number of rotatable bonds is 3. The first-order valence-electron chi connectivity index (χ1n) is 5.73. The molecule has 18 heavy (non-hydrogen) atoms. The number of benzene rings is 1. The smallest absolute Gasteiger partial charge is 0.184 e. The lowest BCUT2D eigenvalue weighted by Crippen LogP contribution is -1.98. The second-order valence-electron chi connectivity index (χ2n) is 4.15. The lowest BCUT2D eigenvalue weighted by atomic mass is 10.2. The van der Waals surface area contributed by atoms with Gasteiger partial charge in [0.05, 0.1) is 27.5 Å². The van der Waals surface area contributed by atoms with Gasteiger partial charge in [-0.3, -0.25) is 0 Å². The van der Waals surface area contributed by atoms with Crippen molar-refractivity contribution >= 4 is 38.0 Å². The van der Waals surface area contributed by atoms with Crippen LogP contribution in [-0.4, -0.2) is 9.97 Å². The molecular formula is C13H13N3S2. The van der Waals surface area contributed by atoms with Crippen LogP contribution in [0.3, 0.4) is 0 Å². The minimum absolute atomic E-state index is 0.739. The summed E-state index contributed by atoms with van der Waals surface area (Å²) in [5, 5.41) is 7.49. The number of fused-ring (bicyclic) bond motifs is 1. The van der Waals surface area contributed by atoms with E-state index in [1.54, 1.807) is 22.7 Å². The van der Waals surface area contributed by atoms with E-state index in [1.807, 2.05) is 6.92 Å². The van der Waals surface area contributed by atoms with E-state index in [0.29, 0.717) is 0 Å². The lowest BCUT2D eigenvalue weighted by Gasteiger charge is -1.97. The van der Waals surface area contributed by atoms with E-state index < -0.39 is 0 Å². The average Bonchev–Trinajstić information content (AvgIpc) is 2.93. The zero-order valence-corrected chi connectivity index (χ0v) is 11.9. The van der Waals surface area contributed by atoms with Crippen LogP contribution in [0.5, 0.6) is 0 Å². The van der Waals surface area contributed by atoms with Crippen LogP contribution in [0.1, 0.15) is 16.3 Å². The molecule has 3 nitrogen and oxygen atoms in total. The van der Waals surface area contributed by atoms with Gasteiger partial charge < -0.3 is 5.32 Å². The van der Waals surface area contributed by atoms with Crippen LogP contribution >= 0.6 is 22.7 Å². The summed E-state index contributed by atoms with van der Waals surface area (Å²) < 4.78 is 1.23. The molecule has 0 unspecified atom stereocenters. The largest absolute Gasteiger partial charge is 0.356 e. The Hall–Kier alpha value is -1.46. The molecule has 0 radical (unpaired) electrons. The summed E-state index contributed by atoms with van der Waals surface area (Å²) in [6.45, 7) is 4.86. The van der Waals surface area contributed by atoms with Crippen molar-refractivity contribution in [2.24, 2.45) is 0 Å². The number of hydrogen-bond donors (Lipinski definition) is 1. The van der Waals surface area contributed by atoms with Crippen LogP contribution in [-0.2, 0) is 6.54 Å². The third-order valence-corrected chi connectivity index (χ3v) is 4.51. The van der Waals surface area contributed by atoms with Crippen molar-refractivity contribution < 1.29 is 0 Å². The summed E-state index contributed by atoms with van der Waals surface area (Å²) in [4.78, 5) is 9.05. The highest BCUT2D eigenvalue weighted by Gasteiger charge is 2.06. The van der Waals surface area contributed by atoms with Gasteiger partial charge in [0, 0.05) is 5.38 Å². The number of aryl methyl sites for hydroxylation is 2. The van der Waals surface area contributed by atoms with E-state index in [-0.39, 0.29) is 0 Å². The highest BCUT2D eigenvalue weighted by atomic mass is 32.1. The van der Waals surface area contributed by atoms with Gasteiger partial charge in [-0.1, -0.05) is 23.5 Å². The molecule has 0 saturated heterocycles. The Bertz CT molecular complexity index is 684. The maximum atomic E-state index is 4.62. The van der Waals surface area contributed by atoms with E-state index in [1.165, 1.54) is 10.3 Å². The molecule has 5 heteroatoms. The molecule has 0 aliphatic heterocycles. The Kier molecular flexibility index (Phi) is 3.01. The minimum Gasteiger partial charge on any atom is -0.356 e. The molecule has 0 spiro atoms. The first-order chi connectivity index (χ1) is 8.72. The predicted octanol–water partition coefficient (Wildman–Crippen LogP) is 3.98. The summed E-state index contributed by atoms with van der Waals surface area (Å²) in [7, 11) is 0. The second-order valence-corrected chi connectivity index (χ2v) is 6.24. The number of anilines is 1. The van der Waals surface area contributed by atoms with Crippen molar-refractivity contribution in [3.8, 4) is 0 Å². The van der Waals surface area contributed by atoms with Crippen molar-refractivity contribution in [3.05, 3.63) is 39.8 Å². The molecule has 92 valence electrons. The fraction of sp³-hybridized carbons (Fsp3) is 0.231. The van der Waals surface area contributed by atoms with Gasteiger partial charge in [0.25, 0.3) is 0 Å². The molecule has 0 aliphatic rings. The third-order valence-electron chi connectivity index (χ3n) is 2.71. The Morgan fingerprint density at radius 1 is 1.22 bits per heavy atom. The fourth-order valence-electron chi connectivity index (χ4n) is 1.82. The quantitative estimate of drug-likeness (QED) is 0.785. The first kappa shape index (κ1) is 11.6. The molecule has 3 aromatic rings. The molecule has 0 amide bonds. The molecule has 2 heterocycles. The maximum absolute atomic E-state index is 4.62. The summed E-state index contributed by atoms with van der Waals surface area (Å²) in [5.41, 5.74) is 3.40. The standard InChI is InChI=1S/C13H13N3S2/c1-8-4-3-5-11-12(8)16-13(18-11)14-6-10-7-17-9(2)15-10/h3-5,7H,6H2,1-2H3,(H,14,16). The zero-order valence-electron chi connectivity index (χ0n) is 10.2. The van der Waals surface area contributed by atoms with E-state index in [9.17, 15) is 0 Å². The molecule has 0 bridgehead atoms. The van der Waals surface area contributed by atoms with Gasteiger partial charge in [0.2, 0.25) is 0 Å². The minimum atomic E-state index is 0.739. The fourth-order valence-corrected chi connectivity index (χ4v) is 3.37. The van der Waals surface area contributed by atoms with Gasteiger partial charge >= 0.3 is 0 Å². The van der Waals surface area contributed by atoms with Crippen molar-refractivity contribution in [3.63, 3.8) is 0 Å². The topological polar surface area (TPSA) is 37.8 Å². The molecule has 1 aromatic carbocycles. The zero-order chi connectivity index (χ0) is 12.5. The normalized spacial score (nSPS) is 11.0. The van der Waals surface area contributed by atoms with Gasteiger partial charge in [0.1, 0.15) is 0 Å². The molecule has 2 aromatic heterocycles. The number of nitrogens with one attached hydrogen (secondary N) is 1. The van der Waals surface area contributed by atoms with Crippen LogP contribution in [0.4, 0.5) is 5.13 Å². The molecular weight excluding hydrogens is 262 g/mol. The van der Waals surface area contributed by atoms with E-state index in [0.717, 1.165) is 27.9 Å². The van der Waals surface area contributed by atoms with Crippen LogP contribution in [0.15, 0.2) is 23.6 Å². The summed E-state index contributed by atoms with van der Waals surface area (Å²) >= 11 is 3.37. The molecule has 0 aliphatic carbocycles. The van der Waals surface area contributed by atoms with Gasteiger partial charge in [0.15, 0.2) is 5.13 Å². The highest BCUT2D eigenvalue weighted by molar-refractivity contribution is 7.22. The highest BCUT2D eigenvalue weighted by Crippen LogP contribution is 2.28. The van der Waals surface area contributed by atoms with Crippen LogP contribution in [0, 0.1) is 13.8 Å². The average molecular weight is 275 g/mol. The predicted molar refractivity (Wildman–Crippen MR) is 78.5 cm³/mol. The number of para-hydroxylation sites is 1. The SMILES string of the molecule is Cc1nc(CNc2nc3c(C)cccc3s2)cs1. The Balaban J connectivity index is 1.81. The number of thiazole rings is 2. The number of hydrogen-bond acceptors (Lipinski definition) is 5. The molecule has 1 N–H and O–H groups in total. The molecule has 3 rings (SSSR count). The molecule has 0 saturated carbocycles. The van der Waals surface area contributed by atoms with Gasteiger partial charge in [-0.05, 0) is 25.5 Å². The van der Waals surface area contributed by atoms with Crippen molar-refractivity contribution in [2.75, 3.05) is 5.32 Å². The first-order valence-corrected chi connectivity index (χ1v) is 7.43. The van der Waals surface area contributed by atoms with E-state index in [4.69, 9.17) is 0 Å². The van der Waals surface area contributed by atoms with Gasteiger partial charge in [-0.2, -0.15) is 0 Å². The molecule has 0 fully saturated rings. The van der Waals surface area contributed by atoms with Crippen LogP contribution in [0.25, 0.3) is 10.2 Å². The Labute approximate surface area is 114 Å². The van der Waals surface area contributed by atoms with Gasteiger partial charge in [-0.25, -0.2) is 9.97 Å². The van der Waals surface area contributed by atoms with E-state index in [2.05, 4.69) is 45.8 Å². The summed E-state index contributed by atoms with van der Waals surface area (Å²) in [6.07, 6.45) is 0. The summed E-state index contributed by atoms with van der Waals surface area (Å²) in [5.74, 6) is 0. The van der Waals surface area contributed by atoms with Crippen LogP contribution in [0.2, 0.25) is 0 Å². The van der Waals surface area contributed by atoms with Crippen LogP contribution < -0.4 is 5.32 Å². The maximum Gasteiger partial charge on any atom is 0.184 e. The van der Waals surface area contributed by atoms with Crippen molar-refractivity contribution in [1.82, 2.24) is 9.97 Å². The Morgan fingerprint density at radius 3 is 2.83 bits per heavy atom. The van der Waals surface area contributed by atoms with E-state index >= 15 is 0 Å². The van der Waals surface area contributed by atoms with Gasteiger partial charge in [-0.15, -0.1) is 11.3 Å². The van der Waals surface area contributed by atoms with Crippen molar-refractivity contribution in [1.29, 1.82) is 0 Å². The number of nitrogens with zero attached hydrogens (tertiary/aromatic N) is 2. The third kappa shape index (κ3) is 2.23. The Morgan fingerprint density at radius 2 is 2.11 bits per heavy atom. The monoisotopic (exact) mass is 275 g/mol. The van der Waals surface area contributed by atoms with Crippen molar-refractivity contribution in [2.45, 2.75) is 20.4 Å². The number of aromatic nitrogens is 2.